The summed E-state index contributed by atoms with van der Waals surface area (Å²) in [6.07, 6.45) is 2.60. The van der Waals surface area contributed by atoms with Crippen molar-refractivity contribution in [2.24, 2.45) is 0 Å². The molecule has 0 saturated carbocycles. The molecule has 1 aromatic rings. The summed E-state index contributed by atoms with van der Waals surface area (Å²) in [5, 5.41) is 0. The number of ether oxygens (including phenoxy) is 1. The van der Waals surface area contributed by atoms with Crippen LogP contribution < -0.4 is 9.64 Å². The van der Waals surface area contributed by atoms with Crippen LogP contribution in [0.1, 0.15) is 18.4 Å². The Balaban J connectivity index is 1.52. The van der Waals surface area contributed by atoms with Gasteiger partial charge in [-0.1, -0.05) is 15.9 Å². The third-order valence-corrected chi connectivity index (χ3v) is 5.85. The Morgan fingerprint density at radius 3 is 2.52 bits per heavy atom. The molecule has 0 amide bonds. The number of likely N-dealkylation sites (tertiary alicyclic amines) is 1. The number of rotatable bonds is 4. The summed E-state index contributed by atoms with van der Waals surface area (Å²) in [4.78, 5) is 6.98. The average molecular weight is 383 g/mol. The van der Waals surface area contributed by atoms with Crippen molar-refractivity contribution in [3.63, 3.8) is 0 Å². The first-order valence-corrected chi connectivity index (χ1v) is 9.55. The van der Waals surface area contributed by atoms with Gasteiger partial charge in [-0.2, -0.15) is 0 Å². The maximum atomic E-state index is 5.51. The normalized spacial score (nSPS) is 22.4. The van der Waals surface area contributed by atoms with Crippen molar-refractivity contribution >= 4 is 15.9 Å². The van der Waals surface area contributed by atoms with E-state index in [9.17, 15) is 0 Å². The van der Waals surface area contributed by atoms with Gasteiger partial charge in [-0.25, -0.2) is 0 Å². The van der Waals surface area contributed by atoms with Crippen molar-refractivity contribution in [3.8, 4) is 5.75 Å². The number of methoxy groups -OCH3 is 1. The Morgan fingerprint density at radius 2 is 1.87 bits per heavy atom. The van der Waals surface area contributed by atoms with Crippen LogP contribution in [0.5, 0.6) is 5.75 Å². The molecule has 128 valence electrons. The fourth-order valence-corrected chi connectivity index (χ4v) is 4.23. The molecule has 0 radical (unpaired) electrons. The fourth-order valence-electron chi connectivity index (χ4n) is 3.83. The summed E-state index contributed by atoms with van der Waals surface area (Å²) < 4.78 is 6.64. The number of nitrogens with one attached hydrogen (secondary N) is 1. The van der Waals surface area contributed by atoms with Gasteiger partial charge in [0.2, 0.25) is 0 Å². The second kappa shape index (κ2) is 7.97. The predicted octanol–water partition coefficient (Wildman–Crippen LogP) is 1.25. The van der Waals surface area contributed by atoms with Gasteiger partial charge in [0, 0.05) is 35.7 Å². The van der Waals surface area contributed by atoms with Crippen LogP contribution in [0.4, 0.5) is 0 Å². The molecular weight excluding hydrogens is 354 g/mol. The Kier molecular flexibility index (Phi) is 5.96. The van der Waals surface area contributed by atoms with E-state index in [1.165, 1.54) is 57.7 Å². The van der Waals surface area contributed by atoms with Crippen LogP contribution in [0.15, 0.2) is 22.7 Å². The smallest absolute Gasteiger partial charge is 0.123 e. The van der Waals surface area contributed by atoms with Crippen LogP contribution >= 0.6 is 15.9 Å². The molecule has 0 spiro atoms. The van der Waals surface area contributed by atoms with Gasteiger partial charge in [0.05, 0.1) is 27.2 Å². The minimum Gasteiger partial charge on any atom is -0.496 e. The number of benzene rings is 1. The molecule has 0 aliphatic carbocycles. The molecule has 2 aliphatic heterocycles. The number of halogens is 1. The largest absolute Gasteiger partial charge is 0.496 e. The molecule has 2 saturated heterocycles. The molecule has 0 atom stereocenters. The van der Waals surface area contributed by atoms with Gasteiger partial charge in [0.25, 0.3) is 0 Å². The van der Waals surface area contributed by atoms with Crippen LogP contribution in [-0.4, -0.2) is 69.3 Å². The highest BCUT2D eigenvalue weighted by molar-refractivity contribution is 9.10. The van der Waals surface area contributed by atoms with E-state index < -0.39 is 0 Å². The number of quaternary nitrogens is 1. The minimum atomic E-state index is 0.795. The zero-order valence-electron chi connectivity index (χ0n) is 14.4. The van der Waals surface area contributed by atoms with Crippen LogP contribution in [0, 0.1) is 0 Å². The standard InChI is InChI=1S/C18H28BrN3O/c1-20-9-11-22(12-10-20)17-5-7-21(8-6-17)14-15-13-16(19)3-4-18(15)23-2/h3-4,13,17H,5-12,14H2,1-2H3/p+1. The van der Waals surface area contributed by atoms with Crippen molar-refractivity contribution in [1.82, 2.24) is 9.80 Å². The van der Waals surface area contributed by atoms with Gasteiger partial charge in [-0.3, -0.25) is 9.80 Å². The van der Waals surface area contributed by atoms with Crippen LogP contribution in [0.2, 0.25) is 0 Å². The Hall–Kier alpha value is -0.620. The number of piperazine rings is 1. The van der Waals surface area contributed by atoms with Crippen molar-refractivity contribution in [2.75, 3.05) is 53.4 Å². The Bertz CT molecular complexity index is 509. The van der Waals surface area contributed by atoms with E-state index in [4.69, 9.17) is 4.74 Å². The van der Waals surface area contributed by atoms with Gasteiger partial charge in [-0.05, 0) is 44.1 Å². The third-order valence-electron chi connectivity index (χ3n) is 5.36. The Morgan fingerprint density at radius 1 is 1.17 bits per heavy atom. The molecule has 1 aromatic carbocycles. The number of hydrogen-bond acceptors (Lipinski definition) is 3. The highest BCUT2D eigenvalue weighted by atomic mass is 79.9. The summed E-state index contributed by atoms with van der Waals surface area (Å²) >= 11 is 3.57. The molecule has 2 aliphatic rings. The van der Waals surface area contributed by atoms with Crippen molar-refractivity contribution < 1.29 is 9.64 Å². The third kappa shape index (κ3) is 4.47. The highest BCUT2D eigenvalue weighted by Gasteiger charge is 2.28. The van der Waals surface area contributed by atoms with Crippen molar-refractivity contribution in [1.29, 1.82) is 0 Å². The lowest BCUT2D eigenvalue weighted by molar-refractivity contribution is -0.884. The van der Waals surface area contributed by atoms with E-state index in [0.717, 1.165) is 22.8 Å². The minimum absolute atomic E-state index is 0.795. The van der Waals surface area contributed by atoms with Crippen LogP contribution in [-0.2, 0) is 6.54 Å². The molecule has 1 N–H and O–H groups in total. The second-order valence-corrected chi connectivity index (χ2v) is 7.87. The summed E-state index contributed by atoms with van der Waals surface area (Å²) in [5.74, 6) is 0.998. The first-order chi connectivity index (χ1) is 11.2. The number of nitrogens with zero attached hydrogens (tertiary/aromatic N) is 2. The fraction of sp³-hybridized carbons (Fsp3) is 0.667. The Labute approximate surface area is 148 Å². The van der Waals surface area contributed by atoms with Crippen molar-refractivity contribution in [3.05, 3.63) is 28.2 Å². The molecule has 23 heavy (non-hydrogen) atoms. The summed E-state index contributed by atoms with van der Waals surface area (Å²) in [7, 11) is 4.07. The summed E-state index contributed by atoms with van der Waals surface area (Å²) in [6.45, 7) is 8.53. The summed E-state index contributed by atoms with van der Waals surface area (Å²) in [6, 6.07) is 7.08. The maximum Gasteiger partial charge on any atom is 0.123 e. The topological polar surface area (TPSA) is 20.2 Å². The SMILES string of the molecule is COc1ccc(Br)cc1CN1CCC(N2CC[NH+](C)CC2)CC1. The van der Waals surface area contributed by atoms with E-state index in [1.807, 2.05) is 6.07 Å². The molecule has 0 unspecified atom stereocenters. The first-order valence-electron chi connectivity index (χ1n) is 8.76. The number of piperidine rings is 1. The van der Waals surface area contributed by atoms with E-state index in [-0.39, 0.29) is 0 Å². The maximum absolute atomic E-state index is 5.51. The van der Waals surface area contributed by atoms with Gasteiger partial charge in [0.1, 0.15) is 5.75 Å². The quantitative estimate of drug-likeness (QED) is 0.846. The lowest BCUT2D eigenvalue weighted by Crippen LogP contribution is -3.12. The average Bonchev–Trinajstić information content (AvgIpc) is 2.57. The van der Waals surface area contributed by atoms with Crippen molar-refractivity contribution in [2.45, 2.75) is 25.4 Å². The highest BCUT2D eigenvalue weighted by Crippen LogP contribution is 2.26. The van der Waals surface area contributed by atoms with Crippen LogP contribution in [0.3, 0.4) is 0 Å². The van der Waals surface area contributed by atoms with Crippen LogP contribution in [0.25, 0.3) is 0 Å². The second-order valence-electron chi connectivity index (χ2n) is 6.96. The van der Waals surface area contributed by atoms with Gasteiger partial charge in [-0.15, -0.1) is 0 Å². The summed E-state index contributed by atoms with van der Waals surface area (Å²) in [5.41, 5.74) is 1.28. The van der Waals surface area contributed by atoms with Gasteiger partial charge >= 0.3 is 0 Å². The van der Waals surface area contributed by atoms with Gasteiger partial charge < -0.3 is 9.64 Å². The zero-order chi connectivity index (χ0) is 16.2. The van der Waals surface area contributed by atoms with E-state index >= 15 is 0 Å². The predicted molar refractivity (Wildman–Crippen MR) is 97.2 cm³/mol. The number of hydrogen-bond donors (Lipinski definition) is 1. The molecule has 0 aromatic heterocycles. The monoisotopic (exact) mass is 382 g/mol. The zero-order valence-corrected chi connectivity index (χ0v) is 15.9. The molecule has 5 heteroatoms. The molecule has 4 nitrogen and oxygen atoms in total. The molecule has 3 rings (SSSR count). The van der Waals surface area contributed by atoms with E-state index in [0.29, 0.717) is 0 Å². The first kappa shape index (κ1) is 17.2. The number of likely N-dealkylation sites (N-methyl/N-ethyl adjacent to an activating group) is 1. The molecule has 0 bridgehead atoms. The lowest BCUT2D eigenvalue weighted by Gasteiger charge is -2.41. The van der Waals surface area contributed by atoms with Gasteiger partial charge in [0.15, 0.2) is 0 Å². The molecule has 2 fully saturated rings. The molecule has 2 heterocycles. The van der Waals surface area contributed by atoms with E-state index in [2.05, 4.69) is 44.9 Å². The lowest BCUT2D eigenvalue weighted by atomic mass is 10.0. The molecular formula is C18H29BrN3O+. The van der Waals surface area contributed by atoms with E-state index in [1.54, 1.807) is 12.0 Å².